The van der Waals surface area contributed by atoms with Gasteiger partial charge >= 0.3 is 12.0 Å². The number of benzene rings is 2. The molecule has 184 valence electrons. The minimum atomic E-state index is -2.68. The van der Waals surface area contributed by atoms with Crippen molar-refractivity contribution in [2.24, 2.45) is 0 Å². The lowest BCUT2D eigenvalue weighted by molar-refractivity contribution is 0.0600. The Morgan fingerprint density at radius 2 is 1.66 bits per heavy atom. The highest BCUT2D eigenvalue weighted by Crippen LogP contribution is 2.40. The van der Waals surface area contributed by atoms with Gasteiger partial charge < -0.3 is 9.64 Å². The Bertz CT molecular complexity index is 1200. The van der Waals surface area contributed by atoms with E-state index in [1.54, 1.807) is 24.5 Å². The van der Waals surface area contributed by atoms with Crippen LogP contribution < -0.4 is 4.90 Å². The Labute approximate surface area is 204 Å². The molecule has 0 atom stereocenters. The quantitative estimate of drug-likeness (QED) is 0.486. The molecule has 2 N–H and O–H groups in total. The van der Waals surface area contributed by atoms with Crippen molar-refractivity contribution < 1.29 is 27.8 Å². The van der Waals surface area contributed by atoms with Crippen molar-refractivity contribution in [3.8, 4) is 11.1 Å². The molecule has 1 aliphatic rings. The monoisotopic (exact) mass is 499 g/mol. The molecule has 35 heavy (non-hydrogen) atoms. The van der Waals surface area contributed by atoms with Crippen LogP contribution in [0.3, 0.4) is 0 Å². The first-order valence-corrected chi connectivity index (χ1v) is 12.8. The Morgan fingerprint density at radius 3 is 2.26 bits per heavy atom. The summed E-state index contributed by atoms with van der Waals surface area (Å²) in [6.45, 7) is 0.306. The maximum Gasteiger partial charge on any atom is 0.337 e. The number of ether oxygens (including phenoxy) is 1. The van der Waals surface area contributed by atoms with Crippen LogP contribution in [0.4, 0.5) is 14.9 Å². The highest BCUT2D eigenvalue weighted by molar-refractivity contribution is 8.24. The highest BCUT2D eigenvalue weighted by atomic mass is 32.3. The standard InChI is InChI=1S/C25H26FN3O5S/c1-34-24(30)20-2-3-21(23(26)16-20)17-29(25(31)28-12-14-35(32,33)15-13-28)22-6-4-18(5-7-22)19-8-10-27-11-9-19/h2-11,16,32-33H,12-15,17H2,1H3. The average Bonchev–Trinajstić information content (AvgIpc) is 2.88. The molecule has 1 aliphatic heterocycles. The van der Waals surface area contributed by atoms with Gasteiger partial charge in [0.15, 0.2) is 0 Å². The van der Waals surface area contributed by atoms with Crippen LogP contribution in [-0.4, -0.2) is 62.7 Å². The van der Waals surface area contributed by atoms with E-state index >= 15 is 0 Å². The van der Waals surface area contributed by atoms with Crippen LogP contribution in [0.1, 0.15) is 15.9 Å². The molecule has 0 spiro atoms. The number of esters is 1. The van der Waals surface area contributed by atoms with Crippen LogP contribution in [0.25, 0.3) is 11.1 Å². The zero-order valence-corrected chi connectivity index (χ0v) is 19.9. The number of halogens is 1. The van der Waals surface area contributed by atoms with E-state index in [0.717, 1.165) is 17.2 Å². The van der Waals surface area contributed by atoms with E-state index in [2.05, 4.69) is 9.72 Å². The molecular formula is C25H26FN3O5S. The predicted molar refractivity (Wildman–Crippen MR) is 133 cm³/mol. The van der Waals surface area contributed by atoms with Crippen molar-refractivity contribution in [1.82, 2.24) is 9.88 Å². The fourth-order valence-corrected chi connectivity index (χ4v) is 5.06. The molecule has 0 radical (unpaired) electrons. The van der Waals surface area contributed by atoms with Gasteiger partial charge in [-0.2, -0.15) is 10.6 Å². The third kappa shape index (κ3) is 5.79. The Kier molecular flexibility index (Phi) is 7.34. The predicted octanol–water partition coefficient (Wildman–Crippen LogP) is 4.87. The van der Waals surface area contributed by atoms with Gasteiger partial charge in [-0.15, -0.1) is 0 Å². The second kappa shape index (κ2) is 10.4. The molecule has 0 aliphatic carbocycles. The molecule has 0 unspecified atom stereocenters. The van der Waals surface area contributed by atoms with Crippen molar-refractivity contribution >= 4 is 28.3 Å². The van der Waals surface area contributed by atoms with E-state index in [9.17, 15) is 23.1 Å². The van der Waals surface area contributed by atoms with Crippen molar-refractivity contribution in [3.05, 3.63) is 83.9 Å². The number of methoxy groups -OCH3 is 1. The Hall–Kier alpha value is -3.47. The number of amides is 2. The number of anilines is 1. The van der Waals surface area contributed by atoms with Gasteiger partial charge in [-0.05, 0) is 47.5 Å². The maximum atomic E-state index is 14.9. The van der Waals surface area contributed by atoms with E-state index in [4.69, 9.17) is 0 Å². The summed E-state index contributed by atoms with van der Waals surface area (Å²) in [5, 5.41) is 0. The Balaban J connectivity index is 1.63. The van der Waals surface area contributed by atoms with Crippen LogP contribution in [0.2, 0.25) is 0 Å². The fraction of sp³-hybridized carbons (Fsp3) is 0.240. The first-order valence-electron chi connectivity index (χ1n) is 10.9. The number of aromatic nitrogens is 1. The number of carbonyl (C=O) groups is 2. The SMILES string of the molecule is COC(=O)c1ccc(CN(C(=O)N2CCS(O)(O)CC2)c2ccc(-c3ccncc3)cc2)c(F)c1. The normalized spacial score (nSPS) is 15.8. The second-order valence-electron chi connectivity index (χ2n) is 8.15. The Morgan fingerprint density at radius 1 is 1.03 bits per heavy atom. The van der Waals surface area contributed by atoms with Crippen LogP contribution in [0.5, 0.6) is 0 Å². The summed E-state index contributed by atoms with van der Waals surface area (Å²) in [5.74, 6) is -1.07. The number of urea groups is 1. The molecule has 0 bridgehead atoms. The minimum Gasteiger partial charge on any atom is -0.465 e. The summed E-state index contributed by atoms with van der Waals surface area (Å²) in [4.78, 5) is 32.2. The van der Waals surface area contributed by atoms with Crippen molar-refractivity contribution in [3.63, 3.8) is 0 Å². The number of nitrogens with zero attached hydrogens (tertiary/aromatic N) is 3. The molecule has 2 amide bonds. The highest BCUT2D eigenvalue weighted by Gasteiger charge is 2.30. The number of hydrogen-bond acceptors (Lipinski definition) is 6. The second-order valence-corrected chi connectivity index (χ2v) is 10.6. The number of carbonyl (C=O) groups excluding carboxylic acids is 2. The van der Waals surface area contributed by atoms with E-state index in [1.807, 2.05) is 24.3 Å². The van der Waals surface area contributed by atoms with Crippen LogP contribution >= 0.6 is 10.6 Å². The first-order chi connectivity index (χ1) is 16.8. The lowest BCUT2D eigenvalue weighted by Crippen LogP contribution is -2.48. The smallest absolute Gasteiger partial charge is 0.337 e. The molecule has 8 nitrogen and oxygen atoms in total. The van der Waals surface area contributed by atoms with Crippen LogP contribution in [0.15, 0.2) is 67.0 Å². The summed E-state index contributed by atoms with van der Waals surface area (Å²) in [6, 6.07) is 14.7. The molecule has 2 heterocycles. The van der Waals surface area contributed by atoms with Crippen molar-refractivity contribution in [1.29, 1.82) is 0 Å². The lowest BCUT2D eigenvalue weighted by Gasteiger charge is -2.42. The number of pyridine rings is 1. The van der Waals surface area contributed by atoms with E-state index in [-0.39, 0.29) is 48.3 Å². The summed E-state index contributed by atoms with van der Waals surface area (Å²) in [7, 11) is -1.46. The molecule has 4 rings (SSSR count). The topological polar surface area (TPSA) is 103 Å². The average molecular weight is 500 g/mol. The molecular weight excluding hydrogens is 473 g/mol. The van der Waals surface area contributed by atoms with Gasteiger partial charge in [-0.25, -0.2) is 14.0 Å². The third-order valence-corrected chi connectivity index (χ3v) is 7.55. The van der Waals surface area contributed by atoms with Gasteiger partial charge in [-0.1, -0.05) is 18.2 Å². The van der Waals surface area contributed by atoms with Gasteiger partial charge in [0.05, 0.1) is 30.7 Å². The molecule has 1 aromatic heterocycles. The van der Waals surface area contributed by atoms with Gasteiger partial charge in [0.2, 0.25) is 0 Å². The van der Waals surface area contributed by atoms with E-state index in [0.29, 0.717) is 5.69 Å². The molecule has 10 heteroatoms. The van der Waals surface area contributed by atoms with E-state index in [1.165, 1.54) is 29.0 Å². The molecule has 1 fully saturated rings. The fourth-order valence-electron chi connectivity index (χ4n) is 3.83. The van der Waals surface area contributed by atoms with Gasteiger partial charge in [0.25, 0.3) is 0 Å². The van der Waals surface area contributed by atoms with Crippen molar-refractivity contribution in [2.75, 3.05) is 36.6 Å². The van der Waals surface area contributed by atoms with Crippen LogP contribution in [-0.2, 0) is 11.3 Å². The third-order valence-electron chi connectivity index (χ3n) is 5.87. The molecule has 1 saturated heterocycles. The summed E-state index contributed by atoms with van der Waals surface area (Å²) in [6.07, 6.45) is 3.39. The largest absolute Gasteiger partial charge is 0.465 e. The van der Waals surface area contributed by atoms with Gasteiger partial charge in [0.1, 0.15) is 5.82 Å². The number of rotatable bonds is 5. The zero-order chi connectivity index (χ0) is 25.0. The summed E-state index contributed by atoms with van der Waals surface area (Å²) in [5.41, 5.74) is 2.76. The van der Waals surface area contributed by atoms with E-state index < -0.39 is 22.4 Å². The molecule has 2 aromatic carbocycles. The minimum absolute atomic E-state index is 0.0759. The maximum absolute atomic E-state index is 14.9. The molecule has 0 saturated carbocycles. The van der Waals surface area contributed by atoms with Crippen LogP contribution in [0, 0.1) is 5.82 Å². The van der Waals surface area contributed by atoms with Gasteiger partial charge in [-0.3, -0.25) is 19.0 Å². The van der Waals surface area contributed by atoms with Gasteiger partial charge in [0, 0.05) is 36.7 Å². The zero-order valence-electron chi connectivity index (χ0n) is 19.1. The summed E-state index contributed by atoms with van der Waals surface area (Å²) >= 11 is 0. The first kappa shape index (κ1) is 24.6. The number of hydrogen-bond donors (Lipinski definition) is 2. The lowest BCUT2D eigenvalue weighted by atomic mass is 10.1. The van der Waals surface area contributed by atoms with Crippen molar-refractivity contribution in [2.45, 2.75) is 6.54 Å². The summed E-state index contributed by atoms with van der Waals surface area (Å²) < 4.78 is 39.4. The molecule has 3 aromatic rings.